The number of benzene rings is 3. The minimum Gasteiger partial charge on any atom is -0.487 e. The summed E-state index contributed by atoms with van der Waals surface area (Å²) in [6.07, 6.45) is 1.18. The number of hydrogen-bond acceptors (Lipinski definition) is 3. The average molecular weight is 526 g/mol. The van der Waals surface area contributed by atoms with Crippen molar-refractivity contribution in [3.63, 3.8) is 0 Å². The zero-order chi connectivity index (χ0) is 24.3. The van der Waals surface area contributed by atoms with E-state index >= 15 is 0 Å². The van der Waals surface area contributed by atoms with Gasteiger partial charge in [-0.25, -0.2) is 4.39 Å². The molecule has 0 aromatic heterocycles. The SMILES string of the molecule is C[C@]1(Cc2ccc(Br)cc2)Cc2cc(C(=O)N(CCC(=O)O)Cc3cccc(F)c3)ccc2O1. The van der Waals surface area contributed by atoms with E-state index in [-0.39, 0.29) is 25.4 Å². The van der Waals surface area contributed by atoms with E-state index in [0.717, 1.165) is 27.8 Å². The van der Waals surface area contributed by atoms with Gasteiger partial charge in [0.15, 0.2) is 0 Å². The van der Waals surface area contributed by atoms with E-state index < -0.39 is 17.4 Å². The van der Waals surface area contributed by atoms with Crippen LogP contribution in [0.1, 0.15) is 40.4 Å². The summed E-state index contributed by atoms with van der Waals surface area (Å²) in [5.74, 6) is -0.945. The lowest BCUT2D eigenvalue weighted by Gasteiger charge is -2.24. The number of aliphatic carboxylic acids is 1. The highest BCUT2D eigenvalue weighted by molar-refractivity contribution is 9.10. The second kappa shape index (κ2) is 9.97. The minimum absolute atomic E-state index is 0.0273. The molecule has 7 heteroatoms. The van der Waals surface area contributed by atoms with E-state index in [9.17, 15) is 14.0 Å². The van der Waals surface area contributed by atoms with Crippen LogP contribution in [0.3, 0.4) is 0 Å². The molecule has 3 aromatic carbocycles. The Morgan fingerprint density at radius 3 is 2.56 bits per heavy atom. The van der Waals surface area contributed by atoms with Crippen LogP contribution in [0.5, 0.6) is 5.75 Å². The van der Waals surface area contributed by atoms with Crippen molar-refractivity contribution in [3.8, 4) is 5.75 Å². The van der Waals surface area contributed by atoms with Crippen molar-refractivity contribution in [1.82, 2.24) is 4.90 Å². The van der Waals surface area contributed by atoms with Gasteiger partial charge in [0.25, 0.3) is 5.91 Å². The van der Waals surface area contributed by atoms with Crippen molar-refractivity contribution < 1.29 is 23.8 Å². The number of carbonyl (C=O) groups is 2. The van der Waals surface area contributed by atoms with E-state index in [0.29, 0.717) is 17.5 Å². The van der Waals surface area contributed by atoms with Crippen LogP contribution in [0.15, 0.2) is 71.2 Å². The van der Waals surface area contributed by atoms with Gasteiger partial charge >= 0.3 is 5.97 Å². The van der Waals surface area contributed by atoms with Crippen LogP contribution < -0.4 is 4.74 Å². The van der Waals surface area contributed by atoms with Gasteiger partial charge in [-0.05, 0) is 66.1 Å². The van der Waals surface area contributed by atoms with Crippen molar-refractivity contribution in [2.45, 2.75) is 38.3 Å². The third kappa shape index (κ3) is 5.83. The van der Waals surface area contributed by atoms with Gasteiger partial charge < -0.3 is 14.7 Å². The first-order chi connectivity index (χ1) is 16.2. The fraction of sp³-hybridized carbons (Fsp3) is 0.259. The van der Waals surface area contributed by atoms with Gasteiger partial charge in [0.05, 0.1) is 6.42 Å². The van der Waals surface area contributed by atoms with E-state index in [1.807, 2.05) is 18.2 Å². The zero-order valence-electron chi connectivity index (χ0n) is 18.8. The molecular weight excluding hydrogens is 501 g/mol. The van der Waals surface area contributed by atoms with Crippen molar-refractivity contribution >= 4 is 27.8 Å². The van der Waals surface area contributed by atoms with Crippen LogP contribution in [0, 0.1) is 5.82 Å². The molecule has 0 bridgehead atoms. The third-order valence-electron chi connectivity index (χ3n) is 5.86. The minimum atomic E-state index is -0.997. The Labute approximate surface area is 206 Å². The molecule has 0 spiro atoms. The molecule has 5 nitrogen and oxygen atoms in total. The smallest absolute Gasteiger partial charge is 0.305 e. The number of hydrogen-bond donors (Lipinski definition) is 1. The number of carbonyl (C=O) groups excluding carboxylic acids is 1. The van der Waals surface area contributed by atoms with Gasteiger partial charge in [-0.3, -0.25) is 9.59 Å². The van der Waals surface area contributed by atoms with Gasteiger partial charge in [0.2, 0.25) is 0 Å². The highest BCUT2D eigenvalue weighted by atomic mass is 79.9. The number of halogens is 2. The maximum absolute atomic E-state index is 13.6. The summed E-state index contributed by atoms with van der Waals surface area (Å²) in [7, 11) is 0. The number of carboxylic acids is 1. The number of amides is 1. The summed E-state index contributed by atoms with van der Waals surface area (Å²) in [6.45, 7) is 2.21. The summed E-state index contributed by atoms with van der Waals surface area (Å²) in [6, 6.07) is 19.4. The second-order valence-electron chi connectivity index (χ2n) is 8.85. The van der Waals surface area contributed by atoms with Gasteiger partial charge in [0, 0.05) is 36.0 Å². The van der Waals surface area contributed by atoms with Gasteiger partial charge in [-0.15, -0.1) is 0 Å². The summed E-state index contributed by atoms with van der Waals surface area (Å²) in [5.41, 5.74) is 2.73. The topological polar surface area (TPSA) is 66.8 Å². The Morgan fingerprint density at radius 2 is 1.85 bits per heavy atom. The maximum Gasteiger partial charge on any atom is 0.305 e. The Hall–Kier alpha value is -3.19. The molecular formula is C27H25BrFNO4. The quantitative estimate of drug-likeness (QED) is 0.413. The molecule has 1 aliphatic heterocycles. The van der Waals surface area contributed by atoms with Crippen molar-refractivity contribution in [2.75, 3.05) is 6.54 Å². The molecule has 1 N–H and O–H groups in total. The van der Waals surface area contributed by atoms with Gasteiger partial charge in [-0.2, -0.15) is 0 Å². The Balaban J connectivity index is 1.52. The van der Waals surface area contributed by atoms with Crippen LogP contribution in [-0.4, -0.2) is 34.0 Å². The zero-order valence-corrected chi connectivity index (χ0v) is 20.3. The molecule has 34 heavy (non-hydrogen) atoms. The number of carboxylic acid groups (broad SMARTS) is 1. The molecule has 0 aliphatic carbocycles. The van der Waals surface area contributed by atoms with Crippen molar-refractivity contribution in [3.05, 3.63) is 99.3 Å². The highest BCUT2D eigenvalue weighted by Gasteiger charge is 2.35. The van der Waals surface area contributed by atoms with Crippen LogP contribution in [-0.2, 0) is 24.2 Å². The summed E-state index contributed by atoms with van der Waals surface area (Å²) in [4.78, 5) is 25.9. The van der Waals surface area contributed by atoms with E-state index in [1.165, 1.54) is 17.0 Å². The standard InChI is InChI=1S/C27H25BrFNO4/c1-27(15-18-5-8-22(28)9-6-18)16-21-14-20(7-10-24(21)34-27)26(33)30(12-11-25(31)32)17-19-3-2-4-23(29)13-19/h2-10,13-14H,11-12,15-17H2,1H3,(H,31,32)/t27-/m0/s1. The number of ether oxygens (including phenoxy) is 1. The molecule has 0 radical (unpaired) electrons. The molecule has 176 valence electrons. The van der Waals surface area contributed by atoms with Gasteiger partial charge in [-0.1, -0.05) is 40.2 Å². The lowest BCUT2D eigenvalue weighted by atomic mass is 9.91. The second-order valence-corrected chi connectivity index (χ2v) is 9.77. The van der Waals surface area contributed by atoms with Crippen molar-refractivity contribution in [2.24, 2.45) is 0 Å². The Bertz CT molecular complexity index is 1210. The molecule has 0 fully saturated rings. The molecule has 1 atom stereocenters. The highest BCUT2D eigenvalue weighted by Crippen LogP contribution is 2.38. The number of nitrogens with zero attached hydrogens (tertiary/aromatic N) is 1. The monoisotopic (exact) mass is 525 g/mol. The van der Waals surface area contributed by atoms with Crippen molar-refractivity contribution in [1.29, 1.82) is 0 Å². The summed E-state index contributed by atoms with van der Waals surface area (Å²) >= 11 is 3.45. The van der Waals surface area contributed by atoms with Crippen LogP contribution in [0.2, 0.25) is 0 Å². The Kier molecular flexibility index (Phi) is 7.03. The first-order valence-electron chi connectivity index (χ1n) is 11.0. The predicted molar refractivity (Wildman–Crippen MR) is 130 cm³/mol. The van der Waals surface area contributed by atoms with E-state index in [4.69, 9.17) is 9.84 Å². The van der Waals surface area contributed by atoms with Crippen LogP contribution >= 0.6 is 15.9 Å². The third-order valence-corrected chi connectivity index (χ3v) is 6.39. The summed E-state index contributed by atoms with van der Waals surface area (Å²) in [5, 5.41) is 9.13. The predicted octanol–water partition coefficient (Wildman–Crippen LogP) is 5.64. The summed E-state index contributed by atoms with van der Waals surface area (Å²) < 4.78 is 20.9. The molecule has 4 rings (SSSR count). The first kappa shape index (κ1) is 24.0. The molecule has 3 aromatic rings. The molecule has 0 saturated carbocycles. The fourth-order valence-electron chi connectivity index (χ4n) is 4.31. The average Bonchev–Trinajstić information content (AvgIpc) is 3.12. The van der Waals surface area contributed by atoms with Gasteiger partial charge in [0.1, 0.15) is 17.2 Å². The number of rotatable bonds is 8. The normalized spacial score (nSPS) is 16.6. The Morgan fingerprint density at radius 1 is 1.09 bits per heavy atom. The molecule has 1 amide bonds. The molecule has 0 saturated heterocycles. The van der Waals surface area contributed by atoms with Crippen LogP contribution in [0.25, 0.3) is 0 Å². The number of fused-ring (bicyclic) bond motifs is 1. The van der Waals surface area contributed by atoms with Crippen LogP contribution in [0.4, 0.5) is 4.39 Å². The molecule has 1 heterocycles. The molecule has 0 unspecified atom stereocenters. The lowest BCUT2D eigenvalue weighted by Crippen LogP contribution is -2.33. The fourth-order valence-corrected chi connectivity index (χ4v) is 4.57. The molecule has 1 aliphatic rings. The largest absolute Gasteiger partial charge is 0.487 e. The van der Waals surface area contributed by atoms with E-state index in [1.54, 1.807) is 24.3 Å². The maximum atomic E-state index is 13.6. The van der Waals surface area contributed by atoms with E-state index in [2.05, 4.69) is 35.0 Å². The lowest BCUT2D eigenvalue weighted by molar-refractivity contribution is -0.137. The first-order valence-corrected chi connectivity index (χ1v) is 11.8.